The van der Waals surface area contributed by atoms with Crippen LogP contribution in [0.4, 0.5) is 14.6 Å². The van der Waals surface area contributed by atoms with E-state index in [0.29, 0.717) is 12.4 Å². The van der Waals surface area contributed by atoms with Crippen molar-refractivity contribution in [2.24, 2.45) is 0 Å². The summed E-state index contributed by atoms with van der Waals surface area (Å²) in [4.78, 5) is 17.1. The van der Waals surface area contributed by atoms with Crippen molar-refractivity contribution in [3.63, 3.8) is 0 Å². The van der Waals surface area contributed by atoms with Crippen LogP contribution < -0.4 is 5.32 Å². The lowest BCUT2D eigenvalue weighted by atomic mass is 10.2. The summed E-state index contributed by atoms with van der Waals surface area (Å²) >= 11 is 0. The second-order valence-electron chi connectivity index (χ2n) is 4.22. The lowest BCUT2D eigenvalue weighted by Gasteiger charge is -2.21. The van der Waals surface area contributed by atoms with E-state index < -0.39 is 18.9 Å². The normalized spacial score (nSPS) is 10.7. The van der Waals surface area contributed by atoms with Gasteiger partial charge in [-0.05, 0) is 18.6 Å². The molecule has 0 aliphatic carbocycles. The molecule has 1 rings (SSSR count). The zero-order valence-electron chi connectivity index (χ0n) is 11.4. The second kappa shape index (κ2) is 8.42. The van der Waals surface area contributed by atoms with Crippen molar-refractivity contribution in [2.75, 3.05) is 31.6 Å². The first-order chi connectivity index (χ1) is 9.58. The topological polar surface area (TPSA) is 65.5 Å². The third-order valence-corrected chi connectivity index (χ3v) is 2.58. The molecule has 0 saturated heterocycles. The first-order valence-corrected chi connectivity index (χ1v) is 6.46. The maximum absolute atomic E-state index is 12.4. The Hall–Kier alpha value is -1.76. The molecule has 0 atom stereocenters. The predicted octanol–water partition coefficient (Wildman–Crippen LogP) is 1.60. The molecule has 1 amide bonds. The number of rotatable bonds is 8. The number of nitrogens with one attached hydrogen (secondary N) is 1. The zero-order chi connectivity index (χ0) is 15.0. The maximum Gasteiger partial charge on any atom is 0.255 e. The number of amides is 1. The maximum atomic E-state index is 12.4. The summed E-state index contributed by atoms with van der Waals surface area (Å²) in [7, 11) is 0. The zero-order valence-corrected chi connectivity index (χ0v) is 11.4. The predicted molar refractivity (Wildman–Crippen MR) is 72.0 cm³/mol. The van der Waals surface area contributed by atoms with E-state index in [1.807, 2.05) is 6.92 Å². The fourth-order valence-corrected chi connectivity index (χ4v) is 1.66. The van der Waals surface area contributed by atoms with Crippen molar-refractivity contribution in [2.45, 2.75) is 19.8 Å². The van der Waals surface area contributed by atoms with Crippen molar-refractivity contribution in [1.29, 1.82) is 0 Å². The number of aliphatic hydroxyl groups is 1. The van der Waals surface area contributed by atoms with E-state index >= 15 is 0 Å². The molecule has 0 bridgehead atoms. The van der Waals surface area contributed by atoms with Crippen LogP contribution in [0.3, 0.4) is 0 Å². The number of pyridine rings is 1. The summed E-state index contributed by atoms with van der Waals surface area (Å²) in [5.41, 5.74) is 0.271. The number of hydrogen-bond acceptors (Lipinski definition) is 4. The average molecular weight is 287 g/mol. The van der Waals surface area contributed by atoms with Crippen LogP contribution in [-0.2, 0) is 0 Å². The quantitative estimate of drug-likeness (QED) is 0.762. The molecule has 0 aliphatic heterocycles. The van der Waals surface area contributed by atoms with Crippen molar-refractivity contribution in [3.8, 4) is 0 Å². The highest BCUT2D eigenvalue weighted by Crippen LogP contribution is 2.11. The van der Waals surface area contributed by atoms with Crippen LogP contribution in [0.1, 0.15) is 23.7 Å². The van der Waals surface area contributed by atoms with Crippen LogP contribution >= 0.6 is 0 Å². The highest BCUT2D eigenvalue weighted by molar-refractivity contribution is 5.94. The van der Waals surface area contributed by atoms with Gasteiger partial charge in [0, 0.05) is 24.8 Å². The molecule has 1 aromatic rings. The van der Waals surface area contributed by atoms with Crippen molar-refractivity contribution >= 4 is 11.7 Å². The molecule has 2 N–H and O–H groups in total. The number of aromatic nitrogens is 1. The number of hydrogen-bond donors (Lipinski definition) is 2. The van der Waals surface area contributed by atoms with Gasteiger partial charge in [0.05, 0.1) is 13.2 Å². The van der Waals surface area contributed by atoms with Gasteiger partial charge in [-0.3, -0.25) is 4.79 Å². The molecule has 1 aromatic heterocycles. The second-order valence-corrected chi connectivity index (χ2v) is 4.22. The fraction of sp³-hybridized carbons (Fsp3) is 0.538. The van der Waals surface area contributed by atoms with Gasteiger partial charge in [0.1, 0.15) is 5.82 Å². The van der Waals surface area contributed by atoms with Gasteiger partial charge in [-0.2, -0.15) is 0 Å². The summed E-state index contributed by atoms with van der Waals surface area (Å²) < 4.78 is 24.9. The number of alkyl halides is 2. The third kappa shape index (κ3) is 5.08. The Morgan fingerprint density at radius 2 is 2.30 bits per heavy atom. The Kier molecular flexibility index (Phi) is 6.86. The summed E-state index contributed by atoms with van der Waals surface area (Å²) in [6.07, 6.45) is -0.280. The molecule has 0 radical (unpaired) electrons. The molecule has 0 unspecified atom stereocenters. The average Bonchev–Trinajstić information content (AvgIpc) is 2.43. The van der Waals surface area contributed by atoms with E-state index in [1.54, 1.807) is 0 Å². The smallest absolute Gasteiger partial charge is 0.255 e. The van der Waals surface area contributed by atoms with E-state index in [9.17, 15) is 13.6 Å². The van der Waals surface area contributed by atoms with Crippen LogP contribution in [0.25, 0.3) is 0 Å². The molecular formula is C13H19F2N3O2. The van der Waals surface area contributed by atoms with Gasteiger partial charge in [-0.15, -0.1) is 0 Å². The molecule has 0 spiro atoms. The largest absolute Gasteiger partial charge is 0.395 e. The van der Waals surface area contributed by atoms with Gasteiger partial charge < -0.3 is 15.3 Å². The Morgan fingerprint density at radius 3 is 2.90 bits per heavy atom. The molecule has 5 nitrogen and oxygen atoms in total. The van der Waals surface area contributed by atoms with E-state index in [4.69, 9.17) is 5.11 Å². The van der Waals surface area contributed by atoms with E-state index in [0.717, 1.165) is 11.3 Å². The molecule has 0 fully saturated rings. The lowest BCUT2D eigenvalue weighted by Crippen LogP contribution is -2.37. The molecule has 112 valence electrons. The van der Waals surface area contributed by atoms with Crippen LogP contribution in [0.2, 0.25) is 0 Å². The van der Waals surface area contributed by atoms with Crippen LogP contribution in [-0.4, -0.2) is 53.6 Å². The van der Waals surface area contributed by atoms with Crippen molar-refractivity contribution in [1.82, 2.24) is 9.88 Å². The van der Waals surface area contributed by atoms with Crippen molar-refractivity contribution in [3.05, 3.63) is 23.9 Å². The monoisotopic (exact) mass is 287 g/mol. The SMILES string of the molecule is CCCNc1cc(C(=O)N(CCO)CC(F)F)ccn1. The standard InChI is InChI=1S/C13H19F2N3O2/c1-2-4-16-12-8-10(3-5-17-12)13(20)18(6-7-19)9-11(14)15/h3,5,8,11,19H,2,4,6-7,9H2,1H3,(H,16,17). The minimum absolute atomic E-state index is 0.122. The number of carbonyl (C=O) groups excluding carboxylic acids is 1. The first-order valence-electron chi connectivity index (χ1n) is 6.46. The number of anilines is 1. The lowest BCUT2D eigenvalue weighted by molar-refractivity contribution is 0.0509. The minimum Gasteiger partial charge on any atom is -0.395 e. The van der Waals surface area contributed by atoms with Crippen LogP contribution in [0, 0.1) is 0 Å². The van der Waals surface area contributed by atoms with Gasteiger partial charge in [0.15, 0.2) is 0 Å². The molecule has 0 aliphatic rings. The molecule has 7 heteroatoms. The van der Waals surface area contributed by atoms with Crippen LogP contribution in [0.5, 0.6) is 0 Å². The highest BCUT2D eigenvalue weighted by Gasteiger charge is 2.19. The van der Waals surface area contributed by atoms with Gasteiger partial charge >= 0.3 is 0 Å². The summed E-state index contributed by atoms with van der Waals surface area (Å²) in [6, 6.07) is 2.99. The highest BCUT2D eigenvalue weighted by atomic mass is 19.3. The van der Waals surface area contributed by atoms with Gasteiger partial charge in [0.25, 0.3) is 12.3 Å². The Morgan fingerprint density at radius 1 is 1.55 bits per heavy atom. The molecular weight excluding hydrogens is 268 g/mol. The Balaban J connectivity index is 2.82. The molecule has 20 heavy (non-hydrogen) atoms. The van der Waals surface area contributed by atoms with Crippen molar-refractivity contribution < 1.29 is 18.7 Å². The summed E-state index contributed by atoms with van der Waals surface area (Å²) in [6.45, 7) is 1.53. The first kappa shape index (κ1) is 16.3. The number of halogens is 2. The van der Waals surface area contributed by atoms with Gasteiger partial charge in [-0.25, -0.2) is 13.8 Å². The number of carbonyl (C=O) groups is 1. The van der Waals surface area contributed by atoms with Crippen LogP contribution in [0.15, 0.2) is 18.3 Å². The molecule has 0 aromatic carbocycles. The van der Waals surface area contributed by atoms with E-state index in [-0.39, 0.29) is 18.7 Å². The minimum atomic E-state index is -2.63. The van der Waals surface area contributed by atoms with E-state index in [2.05, 4.69) is 10.3 Å². The Bertz CT molecular complexity index is 430. The Labute approximate surface area is 116 Å². The molecule has 1 heterocycles. The van der Waals surface area contributed by atoms with Gasteiger partial charge in [0.2, 0.25) is 0 Å². The number of nitrogens with zero attached hydrogens (tertiary/aromatic N) is 2. The summed E-state index contributed by atoms with van der Waals surface area (Å²) in [5.74, 6) is -0.0139. The van der Waals surface area contributed by atoms with E-state index in [1.165, 1.54) is 18.3 Å². The number of aliphatic hydroxyl groups excluding tert-OH is 1. The molecule has 0 saturated carbocycles. The third-order valence-electron chi connectivity index (χ3n) is 2.58. The summed E-state index contributed by atoms with van der Waals surface area (Å²) in [5, 5.41) is 11.9. The van der Waals surface area contributed by atoms with Gasteiger partial charge in [-0.1, -0.05) is 6.92 Å². The fourth-order valence-electron chi connectivity index (χ4n) is 1.66.